The average molecular weight is 322 g/mol. The van der Waals surface area contributed by atoms with Gasteiger partial charge in [-0.05, 0) is 39.3 Å². The van der Waals surface area contributed by atoms with Crippen LogP contribution in [0.1, 0.15) is 16.8 Å². The van der Waals surface area contributed by atoms with E-state index in [2.05, 4.69) is 38.0 Å². The number of nitrogens with zero attached hydrogens (tertiary/aromatic N) is 4. The number of halogens is 1. The molecule has 7 heteroatoms. The van der Waals surface area contributed by atoms with Crippen molar-refractivity contribution in [2.45, 2.75) is 6.10 Å². The van der Waals surface area contributed by atoms with Crippen molar-refractivity contribution in [1.82, 2.24) is 20.2 Å². The van der Waals surface area contributed by atoms with Gasteiger partial charge in [-0.1, -0.05) is 0 Å². The van der Waals surface area contributed by atoms with Crippen LogP contribution in [-0.4, -0.2) is 25.3 Å². The molecule has 0 fully saturated rings. The first-order valence-electron chi connectivity index (χ1n) is 3.83. The average Bonchev–Trinajstić information content (AvgIpc) is 2.73. The van der Waals surface area contributed by atoms with Gasteiger partial charge in [0, 0.05) is 3.57 Å². The molecule has 2 aromatic rings. The highest BCUT2D eigenvalue weighted by Gasteiger charge is 2.19. The molecule has 0 radical (unpaired) electrons. The Kier molecular flexibility index (Phi) is 2.79. The van der Waals surface area contributed by atoms with Crippen LogP contribution in [-0.2, 0) is 7.05 Å². The van der Waals surface area contributed by atoms with Crippen molar-refractivity contribution < 1.29 is 5.11 Å². The molecule has 1 N–H and O–H groups in total. The molecule has 1 unspecified atom stereocenters. The third-order valence-electron chi connectivity index (χ3n) is 1.66. The van der Waals surface area contributed by atoms with Crippen molar-refractivity contribution in [3.63, 3.8) is 0 Å². The Morgan fingerprint density at radius 1 is 1.64 bits per heavy atom. The molecule has 2 rings (SSSR count). The van der Waals surface area contributed by atoms with Crippen LogP contribution in [0.5, 0.6) is 0 Å². The highest BCUT2D eigenvalue weighted by atomic mass is 127. The maximum absolute atomic E-state index is 9.90. The standard InChI is InChI=1S/C7H7IN4OS/c1-12-10-7(9-11-12)5(13)6-4(8)2-3-14-6/h2-3,5,13H,1H3. The lowest BCUT2D eigenvalue weighted by atomic mass is 10.3. The molecular formula is C7H7IN4OS. The minimum absolute atomic E-state index is 0.341. The summed E-state index contributed by atoms with van der Waals surface area (Å²) in [6.07, 6.45) is -0.768. The summed E-state index contributed by atoms with van der Waals surface area (Å²) in [6.45, 7) is 0. The summed E-state index contributed by atoms with van der Waals surface area (Å²) in [6, 6.07) is 1.94. The van der Waals surface area contributed by atoms with E-state index in [0.29, 0.717) is 5.82 Å². The first-order valence-corrected chi connectivity index (χ1v) is 5.79. The van der Waals surface area contributed by atoms with Crippen molar-refractivity contribution in [3.05, 3.63) is 25.7 Å². The molecule has 5 nitrogen and oxygen atoms in total. The van der Waals surface area contributed by atoms with Gasteiger partial charge in [0.25, 0.3) is 0 Å². The third-order valence-corrected chi connectivity index (χ3v) is 3.94. The number of hydrogen-bond acceptors (Lipinski definition) is 5. The van der Waals surface area contributed by atoms with E-state index in [4.69, 9.17) is 0 Å². The number of rotatable bonds is 2. The molecule has 0 bridgehead atoms. The molecule has 2 aromatic heterocycles. The summed E-state index contributed by atoms with van der Waals surface area (Å²) >= 11 is 3.66. The quantitative estimate of drug-likeness (QED) is 0.837. The fraction of sp³-hybridized carbons (Fsp3) is 0.286. The normalized spacial score (nSPS) is 13.1. The molecule has 74 valence electrons. The van der Waals surface area contributed by atoms with Gasteiger partial charge in [-0.2, -0.15) is 4.80 Å². The van der Waals surface area contributed by atoms with E-state index in [9.17, 15) is 5.11 Å². The van der Waals surface area contributed by atoms with Crippen LogP contribution < -0.4 is 0 Å². The number of aliphatic hydroxyl groups excluding tert-OH is 1. The van der Waals surface area contributed by atoms with Gasteiger partial charge in [0.05, 0.1) is 11.9 Å². The lowest BCUT2D eigenvalue weighted by molar-refractivity contribution is 0.212. The highest BCUT2D eigenvalue weighted by Crippen LogP contribution is 2.28. The summed E-state index contributed by atoms with van der Waals surface area (Å²) in [7, 11) is 1.67. The minimum Gasteiger partial charge on any atom is -0.379 e. The van der Waals surface area contributed by atoms with E-state index in [1.165, 1.54) is 16.1 Å². The smallest absolute Gasteiger partial charge is 0.208 e. The van der Waals surface area contributed by atoms with Crippen LogP contribution in [0.25, 0.3) is 0 Å². The molecule has 0 aromatic carbocycles. The molecular weight excluding hydrogens is 315 g/mol. The van der Waals surface area contributed by atoms with E-state index >= 15 is 0 Å². The lowest BCUT2D eigenvalue weighted by Crippen LogP contribution is -2.02. The molecule has 14 heavy (non-hydrogen) atoms. The van der Waals surface area contributed by atoms with Crippen molar-refractivity contribution in [1.29, 1.82) is 0 Å². The summed E-state index contributed by atoms with van der Waals surface area (Å²) < 4.78 is 1.02. The molecule has 0 spiro atoms. The molecule has 0 saturated carbocycles. The fourth-order valence-corrected chi connectivity index (χ4v) is 2.89. The summed E-state index contributed by atoms with van der Waals surface area (Å²) in [4.78, 5) is 2.19. The molecule has 1 atom stereocenters. The van der Waals surface area contributed by atoms with E-state index in [-0.39, 0.29) is 0 Å². The van der Waals surface area contributed by atoms with Gasteiger partial charge in [0.2, 0.25) is 5.82 Å². The molecule has 0 aliphatic heterocycles. The van der Waals surface area contributed by atoms with Crippen molar-refractivity contribution in [2.24, 2.45) is 7.05 Å². The molecule has 0 amide bonds. The van der Waals surface area contributed by atoms with Gasteiger partial charge in [-0.15, -0.1) is 21.5 Å². The van der Waals surface area contributed by atoms with E-state index in [1.54, 1.807) is 7.05 Å². The van der Waals surface area contributed by atoms with Gasteiger partial charge < -0.3 is 5.11 Å². The summed E-state index contributed by atoms with van der Waals surface area (Å²) in [5.74, 6) is 0.341. The Hall–Kier alpha value is -0.540. The number of aliphatic hydroxyl groups is 1. The molecule has 0 aliphatic rings. The Bertz CT molecular complexity index is 440. The number of aryl methyl sites for hydroxylation is 1. The minimum atomic E-state index is -0.768. The van der Waals surface area contributed by atoms with Gasteiger partial charge in [-0.3, -0.25) is 0 Å². The van der Waals surface area contributed by atoms with Gasteiger partial charge >= 0.3 is 0 Å². The second kappa shape index (κ2) is 3.91. The monoisotopic (exact) mass is 322 g/mol. The number of hydrogen-bond donors (Lipinski definition) is 1. The van der Waals surface area contributed by atoms with Gasteiger partial charge in [0.1, 0.15) is 0 Å². The van der Waals surface area contributed by atoms with Crippen LogP contribution in [0.4, 0.5) is 0 Å². The van der Waals surface area contributed by atoms with Crippen LogP contribution >= 0.6 is 33.9 Å². The van der Waals surface area contributed by atoms with Crippen LogP contribution in [0.2, 0.25) is 0 Å². The predicted octanol–water partition coefficient (Wildman–Crippen LogP) is 0.958. The Balaban J connectivity index is 2.33. The number of aromatic nitrogens is 4. The van der Waals surface area contributed by atoms with E-state index in [0.717, 1.165) is 8.45 Å². The zero-order chi connectivity index (χ0) is 10.1. The largest absolute Gasteiger partial charge is 0.379 e. The van der Waals surface area contributed by atoms with Crippen LogP contribution in [0.3, 0.4) is 0 Å². The number of thiophene rings is 1. The maximum Gasteiger partial charge on any atom is 0.208 e. The first kappa shape index (κ1) is 9.99. The summed E-state index contributed by atoms with van der Waals surface area (Å²) in [5.41, 5.74) is 0. The first-order chi connectivity index (χ1) is 6.68. The zero-order valence-electron chi connectivity index (χ0n) is 7.25. The lowest BCUT2D eigenvalue weighted by Gasteiger charge is -2.02. The zero-order valence-corrected chi connectivity index (χ0v) is 10.2. The van der Waals surface area contributed by atoms with Crippen LogP contribution in [0.15, 0.2) is 11.4 Å². The third kappa shape index (κ3) is 1.79. The summed E-state index contributed by atoms with van der Waals surface area (Å²) in [5, 5.41) is 23.2. The van der Waals surface area contributed by atoms with E-state index in [1.807, 2.05) is 11.4 Å². The van der Waals surface area contributed by atoms with E-state index < -0.39 is 6.10 Å². The number of tetrazole rings is 1. The van der Waals surface area contributed by atoms with Crippen molar-refractivity contribution in [3.8, 4) is 0 Å². The van der Waals surface area contributed by atoms with Gasteiger partial charge in [-0.25, -0.2) is 0 Å². The van der Waals surface area contributed by atoms with Gasteiger partial charge in [0.15, 0.2) is 6.10 Å². The van der Waals surface area contributed by atoms with Crippen molar-refractivity contribution in [2.75, 3.05) is 0 Å². The van der Waals surface area contributed by atoms with Crippen molar-refractivity contribution >= 4 is 33.9 Å². The fourth-order valence-electron chi connectivity index (χ4n) is 1.03. The highest BCUT2D eigenvalue weighted by molar-refractivity contribution is 14.1. The molecule has 0 saturated heterocycles. The maximum atomic E-state index is 9.90. The SMILES string of the molecule is Cn1nnc(C(O)c2sccc2I)n1. The Labute approximate surface area is 97.9 Å². The Morgan fingerprint density at radius 3 is 2.93 bits per heavy atom. The molecule has 2 heterocycles. The molecule has 0 aliphatic carbocycles. The predicted molar refractivity (Wildman–Crippen MR) is 59.9 cm³/mol. The Morgan fingerprint density at radius 2 is 2.43 bits per heavy atom. The van der Waals surface area contributed by atoms with Crippen LogP contribution in [0, 0.1) is 3.57 Å². The second-order valence-corrected chi connectivity index (χ2v) is 4.78. The topological polar surface area (TPSA) is 63.8 Å². The second-order valence-electron chi connectivity index (χ2n) is 2.67.